The molecule has 6 rings (SSSR count). The zero-order valence-corrected chi connectivity index (χ0v) is 17.8. The van der Waals surface area contributed by atoms with Crippen LogP contribution in [0.1, 0.15) is 60.8 Å². The lowest BCUT2D eigenvalue weighted by molar-refractivity contribution is 0.146. The maximum Gasteiger partial charge on any atom is 0.120 e. The van der Waals surface area contributed by atoms with Gasteiger partial charge in [-0.15, -0.1) is 0 Å². The van der Waals surface area contributed by atoms with Crippen molar-refractivity contribution >= 4 is 0 Å². The van der Waals surface area contributed by atoms with Gasteiger partial charge < -0.3 is 20.4 Å². The highest BCUT2D eigenvalue weighted by Crippen LogP contribution is 2.52. The Morgan fingerprint density at radius 2 is 1.87 bits per heavy atom. The number of hydrogen-bond donors (Lipinski definition) is 2. The molecular formula is C26H30N4O. The van der Waals surface area contributed by atoms with E-state index in [1.165, 1.54) is 42.8 Å². The monoisotopic (exact) mass is 414 g/mol. The van der Waals surface area contributed by atoms with Gasteiger partial charge in [0.2, 0.25) is 0 Å². The van der Waals surface area contributed by atoms with E-state index in [4.69, 9.17) is 15.5 Å². The summed E-state index contributed by atoms with van der Waals surface area (Å²) in [5.74, 6) is 3.46. The van der Waals surface area contributed by atoms with Crippen molar-refractivity contribution in [1.82, 2.24) is 14.9 Å². The van der Waals surface area contributed by atoms with Crippen molar-refractivity contribution in [2.45, 2.75) is 50.3 Å². The third-order valence-electron chi connectivity index (χ3n) is 7.43. The molecule has 0 spiro atoms. The molecule has 2 aromatic carbocycles. The number of rotatable bonds is 6. The first kappa shape index (κ1) is 19.1. The largest absolute Gasteiger partial charge is 0.489 e. The lowest BCUT2D eigenvalue weighted by atomic mass is 9.80. The van der Waals surface area contributed by atoms with Gasteiger partial charge in [0.25, 0.3) is 0 Å². The van der Waals surface area contributed by atoms with E-state index in [1.807, 2.05) is 24.3 Å². The molecular weight excluding hydrogens is 384 g/mol. The van der Waals surface area contributed by atoms with Crippen LogP contribution in [0.4, 0.5) is 0 Å². The predicted octanol–water partition coefficient (Wildman–Crippen LogP) is 4.56. The van der Waals surface area contributed by atoms with E-state index < -0.39 is 0 Å². The van der Waals surface area contributed by atoms with Gasteiger partial charge in [0.15, 0.2) is 0 Å². The molecule has 0 amide bonds. The lowest BCUT2D eigenvalue weighted by Gasteiger charge is -2.50. The SMILES string of the molecule is NCC1CCC(c2nc(-c3cccc(OCc4ccccc4)c3)c3n2C2CNC32)CC1. The predicted molar refractivity (Wildman–Crippen MR) is 122 cm³/mol. The average Bonchev–Trinajstić information content (AvgIpc) is 3.14. The number of nitrogens with zero attached hydrogens (tertiary/aromatic N) is 2. The zero-order chi connectivity index (χ0) is 20.8. The van der Waals surface area contributed by atoms with E-state index in [2.05, 4.69) is 40.2 Å². The van der Waals surface area contributed by atoms with Gasteiger partial charge in [-0.3, -0.25) is 0 Å². The quantitative estimate of drug-likeness (QED) is 0.621. The Morgan fingerprint density at radius 1 is 1.03 bits per heavy atom. The van der Waals surface area contributed by atoms with Crippen LogP contribution in [0.15, 0.2) is 54.6 Å². The number of nitrogens with one attached hydrogen (secondary N) is 1. The van der Waals surface area contributed by atoms with Gasteiger partial charge in [-0.05, 0) is 55.8 Å². The molecule has 160 valence electrons. The minimum absolute atomic E-state index is 0.463. The first-order valence-electron chi connectivity index (χ1n) is 11.6. The van der Waals surface area contributed by atoms with E-state index >= 15 is 0 Å². The topological polar surface area (TPSA) is 65.1 Å². The van der Waals surface area contributed by atoms with Crippen LogP contribution in [0.2, 0.25) is 0 Å². The molecule has 3 N–H and O–H groups in total. The van der Waals surface area contributed by atoms with Gasteiger partial charge in [0.05, 0.1) is 23.5 Å². The van der Waals surface area contributed by atoms with Crippen LogP contribution in [0.3, 0.4) is 0 Å². The van der Waals surface area contributed by atoms with Crippen molar-refractivity contribution < 1.29 is 4.74 Å². The van der Waals surface area contributed by atoms with Crippen LogP contribution < -0.4 is 15.8 Å². The molecule has 2 aliphatic heterocycles. The highest BCUT2D eigenvalue weighted by molar-refractivity contribution is 5.67. The van der Waals surface area contributed by atoms with Gasteiger partial charge in [-0.25, -0.2) is 4.98 Å². The average molecular weight is 415 g/mol. The fourth-order valence-corrected chi connectivity index (χ4v) is 5.52. The minimum atomic E-state index is 0.463. The summed E-state index contributed by atoms with van der Waals surface area (Å²) in [6.45, 7) is 2.47. The molecule has 1 saturated carbocycles. The Morgan fingerprint density at radius 3 is 2.61 bits per heavy atom. The number of benzene rings is 2. The summed E-state index contributed by atoms with van der Waals surface area (Å²) in [6, 6.07) is 19.8. The maximum absolute atomic E-state index is 6.09. The Bertz CT molecular complexity index is 1070. The van der Waals surface area contributed by atoms with Crippen LogP contribution in [0.25, 0.3) is 11.3 Å². The molecule has 1 aromatic heterocycles. The molecule has 3 aliphatic rings. The lowest BCUT2D eigenvalue weighted by Crippen LogP contribution is -2.56. The molecule has 2 fully saturated rings. The summed E-state index contributed by atoms with van der Waals surface area (Å²) in [5, 5.41) is 3.60. The summed E-state index contributed by atoms with van der Waals surface area (Å²) >= 11 is 0. The van der Waals surface area contributed by atoms with Crippen molar-refractivity contribution in [3.8, 4) is 17.0 Å². The molecule has 0 radical (unpaired) electrons. The number of imidazole rings is 1. The van der Waals surface area contributed by atoms with Crippen molar-refractivity contribution in [1.29, 1.82) is 0 Å². The molecule has 5 heteroatoms. The van der Waals surface area contributed by atoms with E-state index in [-0.39, 0.29) is 0 Å². The fourth-order valence-electron chi connectivity index (χ4n) is 5.52. The number of aromatic nitrogens is 2. The first-order chi connectivity index (χ1) is 15.3. The second-order valence-electron chi connectivity index (χ2n) is 9.28. The molecule has 3 heterocycles. The zero-order valence-electron chi connectivity index (χ0n) is 17.8. The van der Waals surface area contributed by atoms with Crippen molar-refractivity contribution in [3.05, 3.63) is 71.7 Å². The summed E-state index contributed by atoms with van der Waals surface area (Å²) in [6.07, 6.45) is 4.88. The van der Waals surface area contributed by atoms with E-state index in [0.717, 1.165) is 30.1 Å². The third-order valence-corrected chi connectivity index (χ3v) is 7.43. The summed E-state index contributed by atoms with van der Waals surface area (Å²) in [7, 11) is 0. The Balaban J connectivity index is 1.27. The maximum atomic E-state index is 6.09. The van der Waals surface area contributed by atoms with Crippen molar-refractivity contribution in [2.24, 2.45) is 11.7 Å². The Labute approximate surface area is 183 Å². The third kappa shape index (κ3) is 3.27. The molecule has 1 aliphatic carbocycles. The number of ether oxygens (including phenoxy) is 1. The van der Waals surface area contributed by atoms with Crippen LogP contribution in [-0.2, 0) is 6.61 Å². The number of hydrogen-bond acceptors (Lipinski definition) is 4. The molecule has 5 nitrogen and oxygen atoms in total. The van der Waals surface area contributed by atoms with Crippen molar-refractivity contribution in [2.75, 3.05) is 13.1 Å². The summed E-state index contributed by atoms with van der Waals surface area (Å²) < 4.78 is 8.63. The second kappa shape index (κ2) is 7.81. The summed E-state index contributed by atoms with van der Waals surface area (Å²) in [5.41, 5.74) is 10.8. The van der Waals surface area contributed by atoms with E-state index in [9.17, 15) is 0 Å². The van der Waals surface area contributed by atoms with E-state index in [1.54, 1.807) is 0 Å². The second-order valence-corrected chi connectivity index (χ2v) is 9.28. The normalized spacial score (nSPS) is 26.4. The van der Waals surface area contributed by atoms with E-state index in [0.29, 0.717) is 30.5 Å². The molecule has 1 saturated heterocycles. The summed E-state index contributed by atoms with van der Waals surface area (Å²) in [4.78, 5) is 5.25. The molecule has 3 aromatic rings. The van der Waals surface area contributed by atoms with Crippen molar-refractivity contribution in [3.63, 3.8) is 0 Å². The van der Waals surface area contributed by atoms with Crippen LogP contribution in [0.5, 0.6) is 5.75 Å². The standard InChI is InChI=1S/C26H30N4O/c27-14-17-9-11-19(12-10-17)26-29-23(25-24-22(15-28-24)30(25)26)20-7-4-8-21(13-20)31-16-18-5-2-1-3-6-18/h1-8,13,17,19,22,24,28H,9-12,14-16,27H2. The van der Waals surface area contributed by atoms with Gasteiger partial charge in [0, 0.05) is 18.0 Å². The molecule has 0 bridgehead atoms. The Kier molecular flexibility index (Phi) is 4.81. The highest BCUT2D eigenvalue weighted by Gasteiger charge is 2.49. The smallest absolute Gasteiger partial charge is 0.120 e. The van der Waals surface area contributed by atoms with Crippen LogP contribution >= 0.6 is 0 Å². The van der Waals surface area contributed by atoms with Gasteiger partial charge >= 0.3 is 0 Å². The van der Waals surface area contributed by atoms with Crippen LogP contribution in [-0.4, -0.2) is 22.6 Å². The van der Waals surface area contributed by atoms with Gasteiger partial charge in [0.1, 0.15) is 18.2 Å². The van der Waals surface area contributed by atoms with Gasteiger partial charge in [-0.2, -0.15) is 0 Å². The Hall–Kier alpha value is -2.63. The molecule has 2 unspecified atom stereocenters. The molecule has 31 heavy (non-hydrogen) atoms. The highest BCUT2D eigenvalue weighted by atomic mass is 16.5. The fraction of sp³-hybridized carbons (Fsp3) is 0.423. The number of fused-ring (bicyclic) bond motifs is 4. The first-order valence-corrected chi connectivity index (χ1v) is 11.6. The van der Waals surface area contributed by atoms with Crippen LogP contribution in [0, 0.1) is 5.92 Å². The molecule has 2 atom stereocenters. The van der Waals surface area contributed by atoms with Gasteiger partial charge in [-0.1, -0.05) is 42.5 Å². The number of nitrogens with two attached hydrogens (primary N) is 1. The minimum Gasteiger partial charge on any atom is -0.489 e.